The van der Waals surface area contributed by atoms with Gasteiger partial charge in [0.05, 0.1) is 6.26 Å². The van der Waals surface area contributed by atoms with Crippen molar-refractivity contribution in [2.75, 3.05) is 0 Å². The molecular weight excluding hydrogens is 458 g/mol. The van der Waals surface area contributed by atoms with Crippen molar-refractivity contribution >= 4 is 58.0 Å². The van der Waals surface area contributed by atoms with E-state index in [9.17, 15) is 14.7 Å². The third kappa shape index (κ3) is 2.73. The number of benzene rings is 1. The number of carbonyl (C=O) groups is 2. The number of carbonyl (C=O) groups excluding carboxylic acids is 2. The van der Waals surface area contributed by atoms with Gasteiger partial charge in [0.15, 0.2) is 11.6 Å². The lowest BCUT2D eigenvalue weighted by molar-refractivity contribution is -0.127. The van der Waals surface area contributed by atoms with E-state index < -0.39 is 37.3 Å². The highest BCUT2D eigenvalue weighted by Gasteiger charge is 2.68. The molecule has 1 aliphatic heterocycles. The molecular formula is C21H14Cl4O4. The van der Waals surface area contributed by atoms with Crippen LogP contribution < -0.4 is 4.74 Å². The zero-order valence-electron chi connectivity index (χ0n) is 14.8. The smallest absolute Gasteiger partial charge is 0.199 e. The van der Waals surface area contributed by atoms with Gasteiger partial charge in [0.1, 0.15) is 31.3 Å². The van der Waals surface area contributed by atoms with Crippen LogP contribution in [0.2, 0.25) is 0 Å². The largest absolute Gasteiger partial charge is 0.508 e. The minimum Gasteiger partial charge on any atom is -0.508 e. The first-order valence-corrected chi connectivity index (χ1v) is 10.2. The Kier molecular flexibility index (Phi) is 4.90. The van der Waals surface area contributed by atoms with Crippen LogP contribution in [0.3, 0.4) is 0 Å². The van der Waals surface area contributed by atoms with E-state index in [0.29, 0.717) is 28.9 Å². The first kappa shape index (κ1) is 20.5. The van der Waals surface area contributed by atoms with Gasteiger partial charge in [-0.1, -0.05) is 41.9 Å². The number of rotatable bonds is 2. The summed E-state index contributed by atoms with van der Waals surface area (Å²) >= 11 is 25.7. The Morgan fingerprint density at radius 2 is 1.86 bits per heavy atom. The van der Waals surface area contributed by atoms with Crippen LogP contribution in [0.1, 0.15) is 12.0 Å². The summed E-state index contributed by atoms with van der Waals surface area (Å²) in [6.07, 6.45) is 5.08. The van der Waals surface area contributed by atoms with Gasteiger partial charge in [-0.2, -0.15) is 0 Å². The van der Waals surface area contributed by atoms with Crippen molar-refractivity contribution in [2.45, 2.75) is 22.6 Å². The van der Waals surface area contributed by atoms with Crippen LogP contribution in [0.4, 0.5) is 0 Å². The van der Waals surface area contributed by atoms with Crippen molar-refractivity contribution in [1.29, 1.82) is 0 Å². The SMILES string of the molecule is C=CC1=CCC2(Cl)C(=O)C(Cl)=C(Cl)C(=O)C2(Cl)C1C1=COc2ccc(O)cc2C1. The van der Waals surface area contributed by atoms with Crippen LogP contribution in [0.5, 0.6) is 11.5 Å². The van der Waals surface area contributed by atoms with Crippen molar-refractivity contribution in [3.8, 4) is 11.5 Å². The van der Waals surface area contributed by atoms with E-state index in [2.05, 4.69) is 6.58 Å². The van der Waals surface area contributed by atoms with E-state index in [4.69, 9.17) is 51.1 Å². The van der Waals surface area contributed by atoms with Crippen LogP contribution in [-0.2, 0) is 16.0 Å². The first-order chi connectivity index (χ1) is 13.6. The highest BCUT2D eigenvalue weighted by atomic mass is 35.5. The van der Waals surface area contributed by atoms with Gasteiger partial charge in [-0.3, -0.25) is 9.59 Å². The summed E-state index contributed by atoms with van der Waals surface area (Å²) in [6.45, 7) is 3.81. The van der Waals surface area contributed by atoms with E-state index in [1.165, 1.54) is 12.3 Å². The summed E-state index contributed by atoms with van der Waals surface area (Å²) in [5.41, 5.74) is 1.92. The summed E-state index contributed by atoms with van der Waals surface area (Å²) < 4.78 is 5.70. The third-order valence-electron chi connectivity index (χ3n) is 5.59. The van der Waals surface area contributed by atoms with Crippen molar-refractivity contribution < 1.29 is 19.4 Å². The number of Topliss-reactive ketones (excluding diaryl/α,β-unsaturated/α-hetero) is 2. The van der Waals surface area contributed by atoms with Gasteiger partial charge in [-0.15, -0.1) is 23.2 Å². The Labute approximate surface area is 187 Å². The molecule has 29 heavy (non-hydrogen) atoms. The molecule has 2 aliphatic carbocycles. The minimum atomic E-state index is -1.91. The Morgan fingerprint density at radius 1 is 1.17 bits per heavy atom. The molecule has 1 heterocycles. The number of phenols is 1. The van der Waals surface area contributed by atoms with Gasteiger partial charge < -0.3 is 9.84 Å². The molecule has 4 nitrogen and oxygen atoms in total. The molecule has 0 amide bonds. The minimum absolute atomic E-state index is 0.00756. The van der Waals surface area contributed by atoms with Crippen LogP contribution in [0.15, 0.2) is 64.4 Å². The second kappa shape index (κ2) is 6.92. The Bertz CT molecular complexity index is 1070. The van der Waals surface area contributed by atoms with Gasteiger partial charge in [0.25, 0.3) is 0 Å². The maximum atomic E-state index is 13.2. The molecule has 1 aromatic rings. The van der Waals surface area contributed by atoms with Gasteiger partial charge >= 0.3 is 0 Å². The molecule has 0 radical (unpaired) electrons. The molecule has 0 spiro atoms. The molecule has 0 bridgehead atoms. The van der Waals surface area contributed by atoms with Gasteiger partial charge in [0.2, 0.25) is 0 Å². The van der Waals surface area contributed by atoms with Crippen LogP contribution in [0, 0.1) is 5.92 Å². The van der Waals surface area contributed by atoms with Crippen molar-refractivity contribution in [1.82, 2.24) is 0 Å². The van der Waals surface area contributed by atoms with E-state index in [1.807, 2.05) is 0 Å². The monoisotopic (exact) mass is 470 g/mol. The highest BCUT2D eigenvalue weighted by Crippen LogP contribution is 2.59. The zero-order valence-corrected chi connectivity index (χ0v) is 17.9. The zero-order chi connectivity index (χ0) is 21.1. The molecule has 3 atom stereocenters. The lowest BCUT2D eigenvalue weighted by atomic mass is 9.62. The molecule has 8 heteroatoms. The number of hydrogen-bond acceptors (Lipinski definition) is 4. The number of halogens is 4. The average molecular weight is 472 g/mol. The van der Waals surface area contributed by atoms with Crippen LogP contribution in [0.25, 0.3) is 0 Å². The molecule has 3 unspecified atom stereocenters. The maximum Gasteiger partial charge on any atom is 0.199 e. The number of phenolic OH excluding ortho intramolecular Hbond substituents is 1. The van der Waals surface area contributed by atoms with Crippen molar-refractivity contribution in [2.24, 2.45) is 5.92 Å². The molecule has 0 saturated carbocycles. The number of ketones is 2. The quantitative estimate of drug-likeness (QED) is 0.606. The van der Waals surface area contributed by atoms with Gasteiger partial charge in [-0.05, 0) is 35.8 Å². The van der Waals surface area contributed by atoms with Gasteiger partial charge in [0, 0.05) is 17.9 Å². The lowest BCUT2D eigenvalue weighted by Crippen LogP contribution is -2.65. The number of hydrogen-bond donors (Lipinski definition) is 1. The van der Waals surface area contributed by atoms with E-state index in [-0.39, 0.29) is 12.2 Å². The summed E-state index contributed by atoms with van der Waals surface area (Å²) in [5.74, 6) is -1.61. The van der Waals surface area contributed by atoms with E-state index in [0.717, 1.165) is 0 Å². The second-order valence-electron chi connectivity index (χ2n) is 7.12. The highest BCUT2D eigenvalue weighted by molar-refractivity contribution is 6.66. The number of ether oxygens (including phenoxy) is 1. The summed E-state index contributed by atoms with van der Waals surface area (Å²) in [4.78, 5) is 22.5. The fourth-order valence-corrected chi connectivity index (χ4v) is 5.61. The van der Waals surface area contributed by atoms with Gasteiger partial charge in [-0.25, -0.2) is 0 Å². The predicted octanol–water partition coefficient (Wildman–Crippen LogP) is 5.14. The molecule has 150 valence electrons. The second-order valence-corrected chi connectivity index (χ2v) is 9.12. The van der Waals surface area contributed by atoms with Crippen molar-refractivity contribution in [3.63, 3.8) is 0 Å². The van der Waals surface area contributed by atoms with Crippen molar-refractivity contribution in [3.05, 3.63) is 70.0 Å². The summed E-state index contributed by atoms with van der Waals surface area (Å²) in [6, 6.07) is 4.71. The topological polar surface area (TPSA) is 63.6 Å². The fraction of sp³-hybridized carbons (Fsp3) is 0.238. The van der Waals surface area contributed by atoms with E-state index in [1.54, 1.807) is 24.3 Å². The van der Waals surface area contributed by atoms with E-state index >= 15 is 0 Å². The molecule has 1 N–H and O–H groups in total. The number of aromatic hydroxyl groups is 1. The standard InChI is InChI=1S/C21H14Cl4O4/c1-2-10-5-6-20(24)18(27)16(22)17(23)19(28)21(20,25)15(10)12-7-11-8-13(26)3-4-14(11)29-9-12/h2-5,8-9,15,26H,1,6-7H2. The maximum absolute atomic E-state index is 13.2. The third-order valence-corrected chi connectivity index (χ3v) is 7.84. The molecule has 0 fully saturated rings. The Balaban J connectivity index is 1.89. The van der Waals surface area contributed by atoms with Crippen LogP contribution in [-0.4, -0.2) is 26.4 Å². The molecule has 4 rings (SSSR count). The summed E-state index contributed by atoms with van der Waals surface area (Å²) in [5, 5.41) is 8.96. The number of fused-ring (bicyclic) bond motifs is 2. The lowest BCUT2D eigenvalue weighted by Gasteiger charge is -2.50. The fourth-order valence-electron chi connectivity index (χ4n) is 4.15. The first-order valence-electron chi connectivity index (χ1n) is 8.67. The summed E-state index contributed by atoms with van der Waals surface area (Å²) in [7, 11) is 0. The number of alkyl halides is 2. The molecule has 0 saturated heterocycles. The number of allylic oxidation sites excluding steroid dienone is 6. The molecule has 0 aromatic heterocycles. The Morgan fingerprint density at radius 3 is 2.55 bits per heavy atom. The van der Waals surface area contributed by atoms with Crippen LogP contribution >= 0.6 is 46.4 Å². The normalized spacial score (nSPS) is 31.4. The molecule has 3 aliphatic rings. The molecule has 1 aromatic carbocycles. The predicted molar refractivity (Wildman–Crippen MR) is 113 cm³/mol. The Hall–Kier alpha value is -1.72. The average Bonchev–Trinajstić information content (AvgIpc) is 2.71.